The standard InChI is InChI=1S/C21H11F2NO4/c22-14-9-15(23)11-17(10-14)28-21(26)19-4-2-1-3-18(19)20(25)27-16-7-5-13(12-24)6-8-16/h1-11H. The fraction of sp³-hybridized carbons (Fsp3) is 0. The van der Waals surface area contributed by atoms with Crippen LogP contribution in [-0.2, 0) is 0 Å². The van der Waals surface area contributed by atoms with Crippen molar-refractivity contribution in [1.82, 2.24) is 0 Å². The van der Waals surface area contributed by atoms with E-state index in [-0.39, 0.29) is 22.6 Å². The average Bonchev–Trinajstić information content (AvgIpc) is 2.67. The van der Waals surface area contributed by atoms with Crippen molar-refractivity contribution in [3.8, 4) is 17.6 Å². The van der Waals surface area contributed by atoms with Gasteiger partial charge in [0.25, 0.3) is 0 Å². The van der Waals surface area contributed by atoms with Crippen LogP contribution in [0.4, 0.5) is 8.78 Å². The van der Waals surface area contributed by atoms with Crippen LogP contribution in [0.25, 0.3) is 0 Å². The molecule has 0 saturated carbocycles. The summed E-state index contributed by atoms with van der Waals surface area (Å²) >= 11 is 0. The topological polar surface area (TPSA) is 76.4 Å². The van der Waals surface area contributed by atoms with Gasteiger partial charge >= 0.3 is 11.9 Å². The second-order valence-electron chi connectivity index (χ2n) is 5.57. The molecule has 28 heavy (non-hydrogen) atoms. The molecule has 0 aromatic heterocycles. The second-order valence-corrected chi connectivity index (χ2v) is 5.57. The first kappa shape index (κ1) is 18.7. The Kier molecular flexibility index (Phi) is 5.42. The number of ether oxygens (including phenoxy) is 2. The van der Waals surface area contributed by atoms with Gasteiger partial charge in [0.1, 0.15) is 23.1 Å². The van der Waals surface area contributed by atoms with Gasteiger partial charge in [-0.05, 0) is 36.4 Å². The lowest BCUT2D eigenvalue weighted by molar-refractivity contribution is 0.0691. The van der Waals surface area contributed by atoms with Crippen molar-refractivity contribution < 1.29 is 27.8 Å². The Morgan fingerprint density at radius 2 is 1.25 bits per heavy atom. The van der Waals surface area contributed by atoms with Crippen LogP contribution in [0.3, 0.4) is 0 Å². The van der Waals surface area contributed by atoms with E-state index in [9.17, 15) is 18.4 Å². The average molecular weight is 379 g/mol. The van der Waals surface area contributed by atoms with Crippen molar-refractivity contribution in [3.63, 3.8) is 0 Å². The number of hydrogen-bond donors (Lipinski definition) is 0. The van der Waals surface area contributed by atoms with Gasteiger partial charge in [-0.15, -0.1) is 0 Å². The van der Waals surface area contributed by atoms with Gasteiger partial charge in [0, 0.05) is 18.2 Å². The molecule has 5 nitrogen and oxygen atoms in total. The van der Waals surface area contributed by atoms with Gasteiger partial charge in [-0.1, -0.05) is 12.1 Å². The Labute approximate surface area is 158 Å². The highest BCUT2D eigenvalue weighted by molar-refractivity contribution is 6.04. The zero-order chi connectivity index (χ0) is 20.1. The highest BCUT2D eigenvalue weighted by Gasteiger charge is 2.20. The first-order valence-corrected chi connectivity index (χ1v) is 7.96. The fourth-order valence-corrected chi connectivity index (χ4v) is 2.35. The molecule has 0 N–H and O–H groups in total. The van der Waals surface area contributed by atoms with Gasteiger partial charge < -0.3 is 9.47 Å². The van der Waals surface area contributed by atoms with E-state index in [1.807, 2.05) is 6.07 Å². The highest BCUT2D eigenvalue weighted by Crippen LogP contribution is 2.20. The zero-order valence-corrected chi connectivity index (χ0v) is 14.2. The molecule has 0 atom stereocenters. The molecule has 0 fully saturated rings. The van der Waals surface area contributed by atoms with E-state index in [2.05, 4.69) is 0 Å². The van der Waals surface area contributed by atoms with E-state index in [0.29, 0.717) is 11.6 Å². The van der Waals surface area contributed by atoms with Crippen LogP contribution in [0.1, 0.15) is 26.3 Å². The molecule has 7 heteroatoms. The van der Waals surface area contributed by atoms with Crippen LogP contribution in [0.15, 0.2) is 66.7 Å². The third kappa shape index (κ3) is 4.37. The first-order valence-electron chi connectivity index (χ1n) is 7.96. The number of hydrogen-bond acceptors (Lipinski definition) is 5. The molecule has 0 aliphatic rings. The monoisotopic (exact) mass is 379 g/mol. The zero-order valence-electron chi connectivity index (χ0n) is 14.2. The van der Waals surface area contributed by atoms with Gasteiger partial charge in [0.15, 0.2) is 0 Å². The molecule has 3 aromatic carbocycles. The summed E-state index contributed by atoms with van der Waals surface area (Å²) in [5.74, 6) is -3.77. The summed E-state index contributed by atoms with van der Waals surface area (Å²) in [5.41, 5.74) is 0.172. The maximum atomic E-state index is 13.3. The van der Waals surface area contributed by atoms with E-state index in [0.717, 1.165) is 12.1 Å². The molecular weight excluding hydrogens is 368 g/mol. The lowest BCUT2D eigenvalue weighted by Gasteiger charge is -2.10. The van der Waals surface area contributed by atoms with E-state index < -0.39 is 23.6 Å². The molecule has 0 aliphatic carbocycles. The highest BCUT2D eigenvalue weighted by atomic mass is 19.1. The SMILES string of the molecule is N#Cc1ccc(OC(=O)c2ccccc2C(=O)Oc2cc(F)cc(F)c2)cc1. The smallest absolute Gasteiger partial charge is 0.344 e. The minimum Gasteiger partial charge on any atom is -0.423 e. The predicted molar refractivity (Wildman–Crippen MR) is 93.9 cm³/mol. The van der Waals surface area contributed by atoms with Crippen LogP contribution >= 0.6 is 0 Å². The molecule has 0 unspecified atom stereocenters. The van der Waals surface area contributed by atoms with Crippen LogP contribution < -0.4 is 9.47 Å². The number of nitriles is 1. The molecule has 3 aromatic rings. The molecule has 0 radical (unpaired) electrons. The molecular formula is C21H11F2NO4. The minimum atomic E-state index is -0.975. The normalized spacial score (nSPS) is 10.0. The van der Waals surface area contributed by atoms with Gasteiger partial charge in [-0.2, -0.15) is 5.26 Å². The molecule has 0 heterocycles. The van der Waals surface area contributed by atoms with Gasteiger partial charge in [0.05, 0.1) is 22.8 Å². The quantitative estimate of drug-likeness (QED) is 0.500. The first-order chi connectivity index (χ1) is 13.5. The number of carbonyl (C=O) groups is 2. The Morgan fingerprint density at radius 1 is 0.750 bits per heavy atom. The summed E-state index contributed by atoms with van der Waals surface area (Å²) in [5, 5.41) is 8.79. The van der Waals surface area contributed by atoms with Gasteiger partial charge in [0.2, 0.25) is 0 Å². The van der Waals surface area contributed by atoms with Crippen molar-refractivity contribution in [3.05, 3.63) is 95.1 Å². The van der Waals surface area contributed by atoms with E-state index in [4.69, 9.17) is 14.7 Å². The molecule has 0 spiro atoms. The lowest BCUT2D eigenvalue weighted by atomic mass is 10.1. The summed E-state index contributed by atoms with van der Waals surface area (Å²) in [6.45, 7) is 0. The van der Waals surface area contributed by atoms with Gasteiger partial charge in [-0.3, -0.25) is 0 Å². The number of esters is 2. The molecule has 138 valence electrons. The van der Waals surface area contributed by atoms with E-state index in [1.54, 1.807) is 0 Å². The van der Waals surface area contributed by atoms with Crippen LogP contribution in [0.5, 0.6) is 11.5 Å². The summed E-state index contributed by atoms with van der Waals surface area (Å²) in [4.78, 5) is 24.8. The van der Waals surface area contributed by atoms with Crippen LogP contribution in [-0.4, -0.2) is 11.9 Å². The van der Waals surface area contributed by atoms with Crippen molar-refractivity contribution >= 4 is 11.9 Å². The maximum absolute atomic E-state index is 13.3. The van der Waals surface area contributed by atoms with Crippen LogP contribution in [0, 0.1) is 23.0 Å². The Hall–Kier alpha value is -4.05. The predicted octanol–water partition coefficient (Wildman–Crippen LogP) is 4.27. The molecule has 0 saturated heterocycles. The van der Waals surface area contributed by atoms with E-state index in [1.165, 1.54) is 48.5 Å². The summed E-state index contributed by atoms with van der Waals surface area (Å²) in [6.07, 6.45) is 0. The molecule has 0 bridgehead atoms. The third-order valence-electron chi connectivity index (χ3n) is 3.61. The Bertz CT molecular complexity index is 1070. The van der Waals surface area contributed by atoms with Gasteiger partial charge in [-0.25, -0.2) is 18.4 Å². The lowest BCUT2D eigenvalue weighted by Crippen LogP contribution is -2.17. The number of nitrogens with zero attached hydrogens (tertiary/aromatic N) is 1. The van der Waals surface area contributed by atoms with Crippen LogP contribution in [0.2, 0.25) is 0 Å². The molecule has 0 amide bonds. The number of rotatable bonds is 4. The largest absolute Gasteiger partial charge is 0.423 e. The van der Waals surface area contributed by atoms with E-state index >= 15 is 0 Å². The summed E-state index contributed by atoms with van der Waals surface area (Å²) in [6, 6.07) is 15.8. The Balaban J connectivity index is 1.82. The minimum absolute atomic E-state index is 0.0891. The van der Waals surface area contributed by atoms with Crippen molar-refractivity contribution in [2.75, 3.05) is 0 Å². The molecule has 0 aliphatic heterocycles. The number of carbonyl (C=O) groups excluding carboxylic acids is 2. The van der Waals surface area contributed by atoms with Crippen molar-refractivity contribution in [2.24, 2.45) is 0 Å². The maximum Gasteiger partial charge on any atom is 0.344 e. The number of benzene rings is 3. The number of halogens is 2. The summed E-state index contributed by atoms with van der Waals surface area (Å²) < 4.78 is 36.7. The van der Waals surface area contributed by atoms with Crippen molar-refractivity contribution in [1.29, 1.82) is 5.26 Å². The third-order valence-corrected chi connectivity index (χ3v) is 3.61. The molecule has 3 rings (SSSR count). The summed E-state index contributed by atoms with van der Waals surface area (Å²) in [7, 11) is 0. The van der Waals surface area contributed by atoms with Crippen molar-refractivity contribution in [2.45, 2.75) is 0 Å². The Morgan fingerprint density at radius 3 is 1.75 bits per heavy atom. The fourth-order valence-electron chi connectivity index (χ4n) is 2.35. The second kappa shape index (κ2) is 8.10.